The monoisotopic (exact) mass is 426 g/mol. The van der Waals surface area contributed by atoms with Gasteiger partial charge in [0.1, 0.15) is 0 Å². The van der Waals surface area contributed by atoms with Crippen molar-refractivity contribution in [3.05, 3.63) is 107 Å². The number of aromatic nitrogens is 1. The van der Waals surface area contributed by atoms with Gasteiger partial charge < -0.3 is 15.4 Å². The van der Waals surface area contributed by atoms with Gasteiger partial charge in [0.25, 0.3) is 0 Å². The molecular weight excluding hydrogens is 400 g/mol. The fraction of sp³-hybridized carbons (Fsp3) is 0.185. The summed E-state index contributed by atoms with van der Waals surface area (Å²) in [5.74, 6) is -0.897. The normalized spacial score (nSPS) is 12.0. The molecule has 5 nitrogen and oxygen atoms in total. The lowest BCUT2D eigenvalue weighted by molar-refractivity contribution is -0.136. The second-order valence-electron chi connectivity index (χ2n) is 8.05. The van der Waals surface area contributed by atoms with E-state index in [1.54, 1.807) is 18.3 Å². The first-order valence-electron chi connectivity index (χ1n) is 10.7. The first-order valence-corrected chi connectivity index (χ1v) is 10.7. The second-order valence-corrected chi connectivity index (χ2v) is 8.05. The third-order valence-electron chi connectivity index (χ3n) is 5.64. The third kappa shape index (κ3) is 4.95. The fourth-order valence-corrected chi connectivity index (χ4v) is 3.94. The van der Waals surface area contributed by atoms with Gasteiger partial charge in [-0.2, -0.15) is 0 Å². The van der Waals surface area contributed by atoms with Gasteiger partial charge in [-0.25, -0.2) is 0 Å². The van der Waals surface area contributed by atoms with Crippen LogP contribution in [0.4, 0.5) is 0 Å². The van der Waals surface area contributed by atoms with Crippen molar-refractivity contribution in [3.8, 4) is 0 Å². The van der Waals surface area contributed by atoms with Crippen molar-refractivity contribution in [1.82, 2.24) is 10.3 Å². The number of benzene rings is 3. The molecule has 0 saturated carbocycles. The summed E-state index contributed by atoms with van der Waals surface area (Å²) >= 11 is 0. The van der Waals surface area contributed by atoms with E-state index in [1.165, 1.54) is 11.1 Å². The van der Waals surface area contributed by atoms with Gasteiger partial charge in [0.2, 0.25) is 0 Å². The van der Waals surface area contributed by atoms with Crippen molar-refractivity contribution < 1.29 is 14.7 Å². The van der Waals surface area contributed by atoms with Gasteiger partial charge >= 0.3 is 5.97 Å². The number of ketones is 1. The molecule has 0 saturated heterocycles. The summed E-state index contributed by atoms with van der Waals surface area (Å²) in [6.45, 7) is 2.73. The van der Waals surface area contributed by atoms with Crippen LogP contribution in [0.25, 0.3) is 10.9 Å². The maximum Gasteiger partial charge on any atom is 0.307 e. The zero-order valence-corrected chi connectivity index (χ0v) is 18.0. The average molecular weight is 427 g/mol. The number of rotatable bonds is 9. The van der Waals surface area contributed by atoms with Crippen LogP contribution in [-0.2, 0) is 17.6 Å². The summed E-state index contributed by atoms with van der Waals surface area (Å²) in [6.07, 6.45) is 2.49. The molecule has 0 aliphatic carbocycles. The Morgan fingerprint density at radius 3 is 2.41 bits per heavy atom. The Bertz CT molecular complexity index is 1230. The molecule has 0 unspecified atom stereocenters. The summed E-state index contributed by atoms with van der Waals surface area (Å²) in [4.78, 5) is 27.7. The molecule has 0 fully saturated rings. The average Bonchev–Trinajstić information content (AvgIpc) is 3.21. The Morgan fingerprint density at radius 2 is 1.69 bits per heavy atom. The molecule has 4 aromatic rings. The first kappa shape index (κ1) is 21.5. The topological polar surface area (TPSA) is 82.2 Å². The molecule has 1 atom stereocenters. The van der Waals surface area contributed by atoms with E-state index in [-0.39, 0.29) is 12.2 Å². The van der Waals surface area contributed by atoms with E-state index in [9.17, 15) is 9.59 Å². The molecule has 0 radical (unpaired) electrons. The number of carbonyl (C=O) groups is 2. The lowest BCUT2D eigenvalue weighted by Gasteiger charge is -2.18. The van der Waals surface area contributed by atoms with Crippen molar-refractivity contribution in [2.24, 2.45) is 0 Å². The van der Waals surface area contributed by atoms with E-state index in [1.807, 2.05) is 36.4 Å². The van der Waals surface area contributed by atoms with Crippen molar-refractivity contribution in [2.45, 2.75) is 25.8 Å². The maximum absolute atomic E-state index is 13.6. The van der Waals surface area contributed by atoms with Crippen molar-refractivity contribution in [3.63, 3.8) is 0 Å². The number of hydrogen-bond acceptors (Lipinski definition) is 3. The van der Waals surface area contributed by atoms with E-state index in [0.29, 0.717) is 17.7 Å². The summed E-state index contributed by atoms with van der Waals surface area (Å²) in [7, 11) is 0. The molecule has 0 aliphatic heterocycles. The molecule has 1 aromatic heterocycles. The lowest BCUT2D eigenvalue weighted by Crippen LogP contribution is -2.30. The molecule has 0 spiro atoms. The molecule has 32 heavy (non-hydrogen) atoms. The number of hydrogen-bond donors (Lipinski definition) is 3. The Labute approximate surface area is 187 Å². The van der Waals surface area contributed by atoms with Gasteiger partial charge in [0.15, 0.2) is 5.78 Å². The number of carboxylic acids is 1. The van der Waals surface area contributed by atoms with Crippen LogP contribution in [0.3, 0.4) is 0 Å². The Morgan fingerprint density at radius 1 is 0.969 bits per heavy atom. The molecule has 5 heteroatoms. The first-order chi connectivity index (χ1) is 15.5. The van der Waals surface area contributed by atoms with Gasteiger partial charge in [0.05, 0.1) is 12.5 Å². The highest BCUT2D eigenvalue weighted by Crippen LogP contribution is 2.26. The van der Waals surface area contributed by atoms with Crippen LogP contribution in [0.5, 0.6) is 0 Å². The van der Waals surface area contributed by atoms with Gasteiger partial charge in [-0.15, -0.1) is 0 Å². The zero-order chi connectivity index (χ0) is 22.5. The molecule has 0 bridgehead atoms. The highest BCUT2D eigenvalue weighted by molar-refractivity contribution is 6.10. The smallest absolute Gasteiger partial charge is 0.307 e. The largest absolute Gasteiger partial charge is 0.481 e. The number of fused-ring (bicyclic) bond motifs is 1. The van der Waals surface area contributed by atoms with Crippen LogP contribution in [0, 0.1) is 6.92 Å². The molecule has 3 N–H and O–H groups in total. The molecule has 0 amide bonds. The van der Waals surface area contributed by atoms with Crippen LogP contribution in [0.1, 0.15) is 38.7 Å². The number of H-pyrrole nitrogens is 1. The molecule has 3 aromatic carbocycles. The molecule has 1 heterocycles. The van der Waals surface area contributed by atoms with E-state index in [0.717, 1.165) is 22.9 Å². The highest BCUT2D eigenvalue weighted by Gasteiger charge is 2.24. The summed E-state index contributed by atoms with van der Waals surface area (Å²) in [6, 6.07) is 23.1. The van der Waals surface area contributed by atoms with Crippen LogP contribution in [0.15, 0.2) is 79.0 Å². The number of Topliss-reactive ketones (excluding diaryl/α,β-unsaturated/α-hetero) is 1. The van der Waals surface area contributed by atoms with Gasteiger partial charge in [-0.05, 0) is 36.1 Å². The third-order valence-corrected chi connectivity index (χ3v) is 5.64. The standard InChI is InChI=1S/C27H26N2O3/c1-18-7-9-19(10-8-18)13-14-28-26(21-5-3-2-4-6-21)27(32)23-17-29-24-15-20(16-25(30)31)11-12-22(23)24/h2-12,15,17,26,28-29H,13-14,16H2,1H3,(H,30,31)/t26-/m1/s1. The minimum absolute atomic E-state index is 0.0164. The predicted molar refractivity (Wildman–Crippen MR) is 126 cm³/mol. The minimum atomic E-state index is -0.880. The summed E-state index contributed by atoms with van der Waals surface area (Å²) in [5.41, 5.74) is 5.42. The van der Waals surface area contributed by atoms with Crippen molar-refractivity contribution in [2.75, 3.05) is 6.54 Å². The zero-order valence-electron chi connectivity index (χ0n) is 18.0. The second kappa shape index (κ2) is 9.62. The van der Waals surface area contributed by atoms with Crippen LogP contribution < -0.4 is 5.32 Å². The fourth-order valence-electron chi connectivity index (χ4n) is 3.94. The molecule has 4 rings (SSSR count). The number of aliphatic carboxylic acids is 1. The van der Waals surface area contributed by atoms with Gasteiger partial charge in [-0.3, -0.25) is 9.59 Å². The van der Waals surface area contributed by atoms with E-state index < -0.39 is 12.0 Å². The van der Waals surface area contributed by atoms with E-state index >= 15 is 0 Å². The number of aromatic amines is 1. The molecule has 0 aliphatic rings. The number of carbonyl (C=O) groups excluding carboxylic acids is 1. The Balaban J connectivity index is 1.57. The van der Waals surface area contributed by atoms with Crippen LogP contribution in [0.2, 0.25) is 0 Å². The number of carboxylic acid groups (broad SMARTS) is 1. The predicted octanol–water partition coefficient (Wildman–Crippen LogP) is 4.86. The number of aryl methyl sites for hydroxylation is 1. The van der Waals surface area contributed by atoms with Crippen molar-refractivity contribution in [1.29, 1.82) is 0 Å². The quantitative estimate of drug-likeness (QED) is 0.334. The SMILES string of the molecule is Cc1ccc(CCN[C@@H](C(=O)c2c[nH]c3cc(CC(=O)O)ccc23)c2ccccc2)cc1. The van der Waals surface area contributed by atoms with Crippen LogP contribution >= 0.6 is 0 Å². The van der Waals surface area contributed by atoms with E-state index in [4.69, 9.17) is 5.11 Å². The van der Waals surface area contributed by atoms with Gasteiger partial charge in [-0.1, -0.05) is 72.3 Å². The summed E-state index contributed by atoms with van der Waals surface area (Å²) in [5, 5.41) is 13.3. The Hall–Kier alpha value is -3.70. The minimum Gasteiger partial charge on any atom is -0.481 e. The Kier molecular flexibility index (Phi) is 6.47. The number of nitrogens with one attached hydrogen (secondary N) is 2. The van der Waals surface area contributed by atoms with Gasteiger partial charge in [0, 0.05) is 29.2 Å². The van der Waals surface area contributed by atoms with Crippen LogP contribution in [-0.4, -0.2) is 28.4 Å². The van der Waals surface area contributed by atoms with E-state index in [2.05, 4.69) is 41.5 Å². The summed E-state index contributed by atoms with van der Waals surface area (Å²) < 4.78 is 0. The maximum atomic E-state index is 13.6. The molecule has 162 valence electrons. The lowest BCUT2D eigenvalue weighted by atomic mass is 9.96. The van der Waals surface area contributed by atoms with Crippen molar-refractivity contribution >= 4 is 22.7 Å². The molecular formula is C27H26N2O3. The highest BCUT2D eigenvalue weighted by atomic mass is 16.4.